The number of ether oxygens (including phenoxy) is 1. The van der Waals surface area contributed by atoms with Crippen molar-refractivity contribution in [2.24, 2.45) is 0 Å². The second-order valence-electron chi connectivity index (χ2n) is 3.73. The molecule has 1 aliphatic heterocycles. The molecule has 1 fully saturated rings. The molecule has 0 amide bonds. The van der Waals surface area contributed by atoms with Crippen molar-refractivity contribution in [1.29, 1.82) is 0 Å². The normalized spacial score (nSPS) is 15.2. The van der Waals surface area contributed by atoms with Crippen LogP contribution in [-0.4, -0.2) is 24.2 Å². The van der Waals surface area contributed by atoms with E-state index >= 15 is 0 Å². The molecule has 0 atom stereocenters. The Bertz CT molecular complexity index is 480. The summed E-state index contributed by atoms with van der Waals surface area (Å²) in [5.41, 5.74) is 0.951. The molecule has 1 saturated heterocycles. The molecule has 1 aliphatic rings. The van der Waals surface area contributed by atoms with Gasteiger partial charge in [-0.1, -0.05) is 18.2 Å². The summed E-state index contributed by atoms with van der Waals surface area (Å²) in [7, 11) is 0. The van der Waals surface area contributed by atoms with Crippen LogP contribution in [0.5, 0.6) is 5.75 Å². The number of para-hydroxylation sites is 1. The summed E-state index contributed by atoms with van der Waals surface area (Å²) in [6, 6.07) is 10.0. The molecule has 3 nitrogen and oxygen atoms in total. The lowest BCUT2D eigenvalue weighted by Crippen LogP contribution is -2.50. The van der Waals surface area contributed by atoms with Gasteiger partial charge in [0.2, 0.25) is 0 Å². The third-order valence-corrected chi connectivity index (χ3v) is 2.63. The maximum absolute atomic E-state index is 5.84. The van der Waals surface area contributed by atoms with Crippen LogP contribution in [0.15, 0.2) is 36.5 Å². The molecular formula is C12H13ClN2O. The first-order valence-electron chi connectivity index (χ1n) is 5.14. The van der Waals surface area contributed by atoms with Crippen LogP contribution in [0.4, 0.5) is 0 Å². The van der Waals surface area contributed by atoms with E-state index in [1.54, 1.807) is 6.20 Å². The molecule has 4 heteroatoms. The van der Waals surface area contributed by atoms with Crippen LogP contribution in [0, 0.1) is 0 Å². The first kappa shape index (κ1) is 11.2. The molecule has 1 aromatic heterocycles. The average molecular weight is 237 g/mol. The van der Waals surface area contributed by atoms with Gasteiger partial charge in [0.1, 0.15) is 17.4 Å². The van der Waals surface area contributed by atoms with Crippen molar-refractivity contribution in [3.05, 3.63) is 36.5 Å². The van der Waals surface area contributed by atoms with E-state index in [-0.39, 0.29) is 12.4 Å². The van der Waals surface area contributed by atoms with Crippen molar-refractivity contribution >= 4 is 23.3 Å². The highest BCUT2D eigenvalue weighted by Crippen LogP contribution is 2.24. The maximum Gasteiger partial charge on any atom is 0.146 e. The van der Waals surface area contributed by atoms with Crippen LogP contribution in [0.25, 0.3) is 10.9 Å². The molecule has 0 saturated carbocycles. The lowest BCUT2D eigenvalue weighted by atomic mass is 10.2. The predicted octanol–water partition coefficient (Wildman–Crippen LogP) is 2.01. The molecule has 3 rings (SSSR count). The molecule has 0 radical (unpaired) electrons. The molecule has 0 bridgehead atoms. The fourth-order valence-corrected chi connectivity index (χ4v) is 1.70. The standard InChI is InChI=1S/C12H12N2O.ClH/c1-3-9-4-2-6-14-12(9)11(5-1)15-10-7-13-8-10;/h1-6,10,13H,7-8H2;1H. The third kappa shape index (κ3) is 1.96. The van der Waals surface area contributed by atoms with Gasteiger partial charge in [-0.2, -0.15) is 0 Å². The summed E-state index contributed by atoms with van der Waals surface area (Å²) in [5, 5.41) is 4.31. The number of hydrogen-bond donors (Lipinski definition) is 1. The van der Waals surface area contributed by atoms with Gasteiger partial charge in [0.05, 0.1) is 0 Å². The second-order valence-corrected chi connectivity index (χ2v) is 3.73. The largest absolute Gasteiger partial charge is 0.485 e. The fraction of sp³-hybridized carbons (Fsp3) is 0.250. The van der Waals surface area contributed by atoms with E-state index in [0.717, 1.165) is 29.7 Å². The molecule has 84 valence electrons. The zero-order chi connectivity index (χ0) is 10.1. The minimum absolute atomic E-state index is 0. The van der Waals surface area contributed by atoms with Crippen LogP contribution < -0.4 is 10.1 Å². The van der Waals surface area contributed by atoms with Gasteiger partial charge < -0.3 is 10.1 Å². The number of benzene rings is 1. The number of halogens is 1. The van der Waals surface area contributed by atoms with Crippen LogP contribution in [-0.2, 0) is 0 Å². The Labute approximate surface area is 100 Å². The molecule has 0 unspecified atom stereocenters. The molecule has 1 N–H and O–H groups in total. The number of nitrogens with one attached hydrogen (secondary N) is 1. The molecule has 1 aromatic carbocycles. The van der Waals surface area contributed by atoms with Crippen molar-refractivity contribution in [3.8, 4) is 5.75 Å². The first-order valence-corrected chi connectivity index (χ1v) is 5.14. The molecule has 0 spiro atoms. The van der Waals surface area contributed by atoms with Gasteiger partial charge in [-0.25, -0.2) is 0 Å². The van der Waals surface area contributed by atoms with E-state index < -0.39 is 0 Å². The van der Waals surface area contributed by atoms with E-state index in [9.17, 15) is 0 Å². The number of pyridine rings is 1. The Balaban J connectivity index is 0.000000963. The van der Waals surface area contributed by atoms with E-state index in [1.807, 2.05) is 30.3 Å². The molecule has 2 heterocycles. The van der Waals surface area contributed by atoms with Crippen LogP contribution in [0.2, 0.25) is 0 Å². The van der Waals surface area contributed by atoms with Gasteiger partial charge in [-0.3, -0.25) is 4.98 Å². The highest BCUT2D eigenvalue weighted by molar-refractivity contribution is 5.85. The second kappa shape index (κ2) is 4.68. The molecular weight excluding hydrogens is 224 g/mol. The monoisotopic (exact) mass is 236 g/mol. The van der Waals surface area contributed by atoms with Crippen molar-refractivity contribution in [3.63, 3.8) is 0 Å². The van der Waals surface area contributed by atoms with Gasteiger partial charge in [0.25, 0.3) is 0 Å². The van der Waals surface area contributed by atoms with Gasteiger partial charge in [0, 0.05) is 24.7 Å². The van der Waals surface area contributed by atoms with E-state index in [4.69, 9.17) is 4.74 Å². The van der Waals surface area contributed by atoms with Gasteiger partial charge in [-0.05, 0) is 12.1 Å². The molecule has 0 aliphatic carbocycles. The number of rotatable bonds is 2. The Kier molecular flexibility index (Phi) is 3.27. The molecule has 2 aromatic rings. The SMILES string of the molecule is Cl.c1cnc2c(OC3CNC3)cccc2c1. The minimum atomic E-state index is 0. The van der Waals surface area contributed by atoms with E-state index in [2.05, 4.69) is 10.3 Å². The van der Waals surface area contributed by atoms with Crippen molar-refractivity contribution < 1.29 is 4.74 Å². The van der Waals surface area contributed by atoms with Crippen LogP contribution in [0.3, 0.4) is 0 Å². The fourth-order valence-electron chi connectivity index (χ4n) is 1.70. The summed E-state index contributed by atoms with van der Waals surface area (Å²) < 4.78 is 5.84. The quantitative estimate of drug-likeness (QED) is 0.866. The first-order chi connectivity index (χ1) is 7.43. The summed E-state index contributed by atoms with van der Waals surface area (Å²) >= 11 is 0. The number of fused-ring (bicyclic) bond motifs is 1. The molecule has 16 heavy (non-hydrogen) atoms. The Morgan fingerprint density at radius 3 is 2.75 bits per heavy atom. The van der Waals surface area contributed by atoms with Gasteiger partial charge in [-0.15, -0.1) is 12.4 Å². The summed E-state index contributed by atoms with van der Waals surface area (Å²) in [4.78, 5) is 4.35. The van der Waals surface area contributed by atoms with Crippen LogP contribution >= 0.6 is 12.4 Å². The number of nitrogens with zero attached hydrogens (tertiary/aromatic N) is 1. The highest BCUT2D eigenvalue weighted by Gasteiger charge is 2.19. The zero-order valence-electron chi connectivity index (χ0n) is 8.72. The average Bonchev–Trinajstić information content (AvgIpc) is 2.23. The third-order valence-electron chi connectivity index (χ3n) is 2.63. The van der Waals surface area contributed by atoms with E-state index in [1.165, 1.54) is 0 Å². The van der Waals surface area contributed by atoms with Gasteiger partial charge >= 0.3 is 0 Å². The Morgan fingerprint density at radius 2 is 2.00 bits per heavy atom. The predicted molar refractivity (Wildman–Crippen MR) is 66.3 cm³/mol. The van der Waals surface area contributed by atoms with E-state index in [0.29, 0.717) is 6.10 Å². The minimum Gasteiger partial charge on any atom is -0.485 e. The maximum atomic E-state index is 5.84. The number of hydrogen-bond acceptors (Lipinski definition) is 3. The zero-order valence-corrected chi connectivity index (χ0v) is 9.54. The van der Waals surface area contributed by atoms with Crippen molar-refractivity contribution in [2.75, 3.05) is 13.1 Å². The summed E-state index contributed by atoms with van der Waals surface area (Å²) in [6.45, 7) is 1.87. The number of aromatic nitrogens is 1. The lowest BCUT2D eigenvalue weighted by Gasteiger charge is -2.28. The summed E-state index contributed by atoms with van der Waals surface area (Å²) in [5.74, 6) is 0.889. The Morgan fingerprint density at radius 1 is 1.19 bits per heavy atom. The van der Waals surface area contributed by atoms with Gasteiger partial charge in [0.15, 0.2) is 0 Å². The highest BCUT2D eigenvalue weighted by atomic mass is 35.5. The van der Waals surface area contributed by atoms with Crippen molar-refractivity contribution in [1.82, 2.24) is 10.3 Å². The Hall–Kier alpha value is -1.32. The summed E-state index contributed by atoms with van der Waals surface area (Å²) in [6.07, 6.45) is 2.10. The lowest BCUT2D eigenvalue weighted by molar-refractivity contribution is 0.144. The smallest absolute Gasteiger partial charge is 0.146 e. The topological polar surface area (TPSA) is 34.1 Å². The van der Waals surface area contributed by atoms with Crippen LogP contribution in [0.1, 0.15) is 0 Å². The van der Waals surface area contributed by atoms with Crippen molar-refractivity contribution in [2.45, 2.75) is 6.10 Å².